The van der Waals surface area contributed by atoms with E-state index in [4.69, 9.17) is 4.74 Å². The lowest BCUT2D eigenvalue weighted by molar-refractivity contribution is 0.0982. The van der Waals surface area contributed by atoms with Crippen molar-refractivity contribution in [3.63, 3.8) is 0 Å². The van der Waals surface area contributed by atoms with Gasteiger partial charge < -0.3 is 9.14 Å². The van der Waals surface area contributed by atoms with E-state index in [0.717, 1.165) is 16.9 Å². The summed E-state index contributed by atoms with van der Waals surface area (Å²) in [5.74, 6) is 0.456. The molecule has 146 valence electrons. The van der Waals surface area contributed by atoms with Gasteiger partial charge in [0, 0.05) is 29.9 Å². The van der Waals surface area contributed by atoms with Crippen LogP contribution in [0.15, 0.2) is 73.1 Å². The summed E-state index contributed by atoms with van der Waals surface area (Å²) in [6.45, 7) is 2.09. The van der Waals surface area contributed by atoms with Gasteiger partial charge in [-0.15, -0.1) is 0 Å². The molecule has 0 bridgehead atoms. The number of pyridine rings is 1. The molecular formula is C24H21FN2O2. The van der Waals surface area contributed by atoms with E-state index in [9.17, 15) is 9.18 Å². The molecule has 0 fully saturated rings. The van der Waals surface area contributed by atoms with Crippen molar-refractivity contribution in [2.24, 2.45) is 0 Å². The monoisotopic (exact) mass is 388 g/mol. The smallest absolute Gasteiger partial charge is 0.163 e. The summed E-state index contributed by atoms with van der Waals surface area (Å²) in [6.07, 6.45) is 4.79. The van der Waals surface area contributed by atoms with E-state index < -0.39 is 0 Å². The number of hydrogen-bond acceptors (Lipinski definition) is 3. The maximum Gasteiger partial charge on any atom is 0.163 e. The number of halogens is 1. The zero-order valence-corrected chi connectivity index (χ0v) is 16.1. The molecular weight excluding hydrogens is 367 g/mol. The highest BCUT2D eigenvalue weighted by atomic mass is 19.1. The van der Waals surface area contributed by atoms with Gasteiger partial charge in [0.15, 0.2) is 5.78 Å². The van der Waals surface area contributed by atoms with E-state index in [-0.39, 0.29) is 18.2 Å². The van der Waals surface area contributed by atoms with E-state index in [2.05, 4.69) is 4.98 Å². The molecule has 0 radical (unpaired) electrons. The van der Waals surface area contributed by atoms with Crippen LogP contribution in [-0.4, -0.2) is 15.2 Å². The number of nitrogens with zero attached hydrogens (tertiary/aromatic N) is 2. The second-order valence-corrected chi connectivity index (χ2v) is 7.01. The maximum atomic E-state index is 13.7. The molecule has 2 aromatic carbocycles. The molecule has 4 aromatic rings. The topological polar surface area (TPSA) is 43.6 Å². The Morgan fingerprint density at radius 1 is 1.10 bits per heavy atom. The van der Waals surface area contributed by atoms with Crippen LogP contribution in [0.25, 0.3) is 5.65 Å². The van der Waals surface area contributed by atoms with Gasteiger partial charge in [0.05, 0.1) is 5.69 Å². The molecule has 2 heterocycles. The highest BCUT2D eigenvalue weighted by molar-refractivity contribution is 5.96. The van der Waals surface area contributed by atoms with E-state index in [1.807, 2.05) is 60.1 Å². The minimum Gasteiger partial charge on any atom is -0.489 e. The Labute approximate surface area is 168 Å². The van der Waals surface area contributed by atoms with Gasteiger partial charge in [-0.05, 0) is 49.2 Å². The lowest BCUT2D eigenvalue weighted by Gasteiger charge is -2.09. The third-order valence-corrected chi connectivity index (χ3v) is 4.79. The highest BCUT2D eigenvalue weighted by Gasteiger charge is 2.09. The SMILES string of the molecule is Cc1cn2ccc(C(=O)CCc3cccc(OCc4ccccc4F)c3)cc2n1. The van der Waals surface area contributed by atoms with E-state index >= 15 is 0 Å². The van der Waals surface area contributed by atoms with Gasteiger partial charge >= 0.3 is 0 Å². The summed E-state index contributed by atoms with van der Waals surface area (Å²) in [5, 5.41) is 0. The van der Waals surface area contributed by atoms with Crippen LogP contribution >= 0.6 is 0 Å². The van der Waals surface area contributed by atoms with E-state index in [0.29, 0.717) is 29.7 Å². The number of ether oxygens (including phenoxy) is 1. The Hall–Kier alpha value is -3.47. The fourth-order valence-corrected chi connectivity index (χ4v) is 3.25. The van der Waals surface area contributed by atoms with Crippen LogP contribution in [0, 0.1) is 12.7 Å². The average molecular weight is 388 g/mol. The number of Topliss-reactive ketones (excluding diaryl/α,β-unsaturated/α-hetero) is 1. The fourth-order valence-electron chi connectivity index (χ4n) is 3.25. The Balaban J connectivity index is 1.38. The van der Waals surface area contributed by atoms with Crippen molar-refractivity contribution in [3.8, 4) is 5.75 Å². The number of ketones is 1. The number of hydrogen-bond donors (Lipinski definition) is 0. The van der Waals surface area contributed by atoms with Gasteiger partial charge in [0.2, 0.25) is 0 Å². The molecule has 5 heteroatoms. The van der Waals surface area contributed by atoms with E-state index in [1.54, 1.807) is 18.2 Å². The first-order valence-corrected chi connectivity index (χ1v) is 9.52. The molecule has 4 rings (SSSR count). The van der Waals surface area contributed by atoms with Crippen LogP contribution < -0.4 is 4.74 Å². The number of carbonyl (C=O) groups excluding carboxylic acids is 1. The van der Waals surface area contributed by atoms with Crippen molar-refractivity contribution in [2.45, 2.75) is 26.4 Å². The van der Waals surface area contributed by atoms with Gasteiger partial charge in [-0.1, -0.05) is 30.3 Å². The number of aromatic nitrogens is 2. The van der Waals surface area contributed by atoms with Gasteiger partial charge in [-0.2, -0.15) is 0 Å². The van der Waals surface area contributed by atoms with Gasteiger partial charge in [0.25, 0.3) is 0 Å². The highest BCUT2D eigenvalue weighted by Crippen LogP contribution is 2.18. The molecule has 0 saturated carbocycles. The van der Waals surface area contributed by atoms with Crippen LogP contribution in [-0.2, 0) is 13.0 Å². The number of carbonyl (C=O) groups is 1. The van der Waals surface area contributed by atoms with Gasteiger partial charge in [-0.25, -0.2) is 9.37 Å². The standard InChI is InChI=1S/C24H21FN2O2/c1-17-15-27-12-11-19(14-24(27)26-17)23(28)10-9-18-5-4-7-21(13-18)29-16-20-6-2-3-8-22(20)25/h2-8,11-15H,9-10,16H2,1H3. The Morgan fingerprint density at radius 3 is 2.83 bits per heavy atom. The maximum absolute atomic E-state index is 13.7. The molecule has 0 aliphatic rings. The van der Waals surface area contributed by atoms with Crippen LogP contribution in [0.2, 0.25) is 0 Å². The molecule has 0 saturated heterocycles. The summed E-state index contributed by atoms with van der Waals surface area (Å²) in [6, 6.07) is 17.8. The molecule has 0 unspecified atom stereocenters. The second-order valence-electron chi connectivity index (χ2n) is 7.01. The number of fused-ring (bicyclic) bond motifs is 1. The van der Waals surface area contributed by atoms with Crippen LogP contribution in [0.3, 0.4) is 0 Å². The second kappa shape index (κ2) is 8.27. The Bertz CT molecular complexity index is 1170. The molecule has 0 atom stereocenters. The van der Waals surface area contributed by atoms with Crippen molar-refractivity contribution in [1.82, 2.24) is 9.38 Å². The van der Waals surface area contributed by atoms with Crippen molar-refractivity contribution >= 4 is 11.4 Å². The minimum atomic E-state index is -0.279. The summed E-state index contributed by atoms with van der Waals surface area (Å²) < 4.78 is 21.3. The molecule has 0 aliphatic carbocycles. The van der Waals surface area contributed by atoms with Crippen molar-refractivity contribution in [3.05, 3.63) is 101 Å². The molecule has 0 amide bonds. The first-order valence-electron chi connectivity index (χ1n) is 9.52. The first kappa shape index (κ1) is 18.9. The summed E-state index contributed by atoms with van der Waals surface area (Å²) >= 11 is 0. The number of rotatable bonds is 7. The summed E-state index contributed by atoms with van der Waals surface area (Å²) in [4.78, 5) is 17.0. The molecule has 4 nitrogen and oxygen atoms in total. The summed E-state index contributed by atoms with van der Waals surface area (Å²) in [5.41, 5.74) is 3.87. The van der Waals surface area contributed by atoms with Crippen LogP contribution in [0.1, 0.15) is 33.6 Å². The third-order valence-electron chi connectivity index (χ3n) is 4.79. The van der Waals surface area contributed by atoms with Crippen molar-refractivity contribution < 1.29 is 13.9 Å². The normalized spacial score (nSPS) is 11.0. The first-order chi connectivity index (χ1) is 14.1. The van der Waals surface area contributed by atoms with Crippen molar-refractivity contribution in [2.75, 3.05) is 0 Å². The largest absolute Gasteiger partial charge is 0.489 e. The number of aryl methyl sites for hydroxylation is 2. The molecule has 0 spiro atoms. The molecule has 2 aromatic heterocycles. The minimum absolute atomic E-state index is 0.0748. The zero-order valence-electron chi connectivity index (χ0n) is 16.1. The van der Waals surface area contributed by atoms with Crippen LogP contribution in [0.4, 0.5) is 4.39 Å². The van der Waals surface area contributed by atoms with Crippen molar-refractivity contribution in [1.29, 1.82) is 0 Å². The Kier molecular flexibility index (Phi) is 5.38. The predicted molar refractivity (Wildman–Crippen MR) is 110 cm³/mol. The molecule has 0 aliphatic heterocycles. The molecule has 29 heavy (non-hydrogen) atoms. The lowest BCUT2D eigenvalue weighted by Crippen LogP contribution is -2.03. The van der Waals surface area contributed by atoms with Crippen LogP contribution in [0.5, 0.6) is 5.75 Å². The summed E-state index contributed by atoms with van der Waals surface area (Å²) in [7, 11) is 0. The van der Waals surface area contributed by atoms with Gasteiger partial charge in [0.1, 0.15) is 23.8 Å². The van der Waals surface area contributed by atoms with E-state index in [1.165, 1.54) is 6.07 Å². The quantitative estimate of drug-likeness (QED) is 0.410. The third kappa shape index (κ3) is 4.51. The fraction of sp³-hybridized carbons (Fsp3) is 0.167. The number of benzene rings is 2. The number of imidazole rings is 1. The Morgan fingerprint density at radius 2 is 1.97 bits per heavy atom. The molecule has 0 N–H and O–H groups in total. The zero-order chi connectivity index (χ0) is 20.2. The predicted octanol–water partition coefficient (Wildman–Crippen LogP) is 5.18. The average Bonchev–Trinajstić information content (AvgIpc) is 3.11. The lowest BCUT2D eigenvalue weighted by atomic mass is 10.0. The van der Waals surface area contributed by atoms with Gasteiger partial charge in [-0.3, -0.25) is 4.79 Å².